The van der Waals surface area contributed by atoms with Crippen molar-refractivity contribution in [3.63, 3.8) is 0 Å². The van der Waals surface area contributed by atoms with Crippen molar-refractivity contribution in [1.82, 2.24) is 15.5 Å². The Hall–Kier alpha value is -1.30. The van der Waals surface area contributed by atoms with Crippen LogP contribution >= 0.6 is 12.4 Å². The third kappa shape index (κ3) is 4.37. The first kappa shape index (κ1) is 18.0. The van der Waals surface area contributed by atoms with Crippen LogP contribution in [0.4, 0.5) is 0 Å². The van der Waals surface area contributed by atoms with Crippen LogP contribution in [0.15, 0.2) is 18.3 Å². The Balaban J connectivity index is 0.00000192. The molecule has 128 valence electrons. The van der Waals surface area contributed by atoms with E-state index < -0.39 is 0 Å². The third-order valence-corrected chi connectivity index (χ3v) is 4.50. The fourth-order valence-electron chi connectivity index (χ4n) is 3.25. The Morgan fingerprint density at radius 2 is 2.22 bits per heavy atom. The summed E-state index contributed by atoms with van der Waals surface area (Å²) in [6.07, 6.45) is 6.79. The standard InChI is InChI=1S/C17H25N3O2.ClH/c1-12-15-11-19-20-16(15)6-7-17(12)22-14-5-3-4-13(10-14)18-8-9-21-2;/h6-7,11,13-14,18H,3-5,8-10H2,1-2H3,(H,19,20);1H/t13-,14+;/m0./s1. The molecule has 0 spiro atoms. The topological polar surface area (TPSA) is 59.2 Å². The molecule has 1 saturated carbocycles. The van der Waals surface area contributed by atoms with E-state index in [0.717, 1.165) is 42.6 Å². The van der Waals surface area contributed by atoms with Crippen LogP contribution < -0.4 is 10.1 Å². The van der Waals surface area contributed by atoms with Gasteiger partial charge >= 0.3 is 0 Å². The molecule has 2 N–H and O–H groups in total. The van der Waals surface area contributed by atoms with Gasteiger partial charge in [-0.3, -0.25) is 5.10 Å². The van der Waals surface area contributed by atoms with Crippen molar-refractivity contribution in [3.8, 4) is 5.75 Å². The van der Waals surface area contributed by atoms with Gasteiger partial charge in [0.2, 0.25) is 0 Å². The van der Waals surface area contributed by atoms with Gasteiger partial charge in [0.1, 0.15) is 11.9 Å². The monoisotopic (exact) mass is 339 g/mol. The highest BCUT2D eigenvalue weighted by Gasteiger charge is 2.23. The van der Waals surface area contributed by atoms with E-state index in [2.05, 4.69) is 28.5 Å². The van der Waals surface area contributed by atoms with E-state index in [9.17, 15) is 0 Å². The fourth-order valence-corrected chi connectivity index (χ4v) is 3.25. The summed E-state index contributed by atoms with van der Waals surface area (Å²) in [5, 5.41) is 11.8. The van der Waals surface area contributed by atoms with Gasteiger partial charge in [-0.15, -0.1) is 12.4 Å². The number of aryl methyl sites for hydroxylation is 1. The number of hydrogen-bond acceptors (Lipinski definition) is 4. The number of nitrogens with one attached hydrogen (secondary N) is 2. The molecular weight excluding hydrogens is 314 g/mol. The molecule has 0 saturated heterocycles. The number of hydrogen-bond donors (Lipinski definition) is 2. The average Bonchev–Trinajstić information content (AvgIpc) is 3.00. The van der Waals surface area contributed by atoms with Crippen molar-refractivity contribution in [2.45, 2.75) is 44.8 Å². The van der Waals surface area contributed by atoms with E-state index in [-0.39, 0.29) is 18.5 Å². The molecule has 3 rings (SSSR count). The fraction of sp³-hybridized carbons (Fsp3) is 0.588. The quantitative estimate of drug-likeness (QED) is 0.793. The summed E-state index contributed by atoms with van der Waals surface area (Å²) in [7, 11) is 1.74. The number of nitrogens with zero attached hydrogens (tertiary/aromatic N) is 1. The van der Waals surface area contributed by atoms with Gasteiger partial charge in [0.15, 0.2) is 0 Å². The van der Waals surface area contributed by atoms with E-state index >= 15 is 0 Å². The van der Waals surface area contributed by atoms with Gasteiger partial charge in [-0.05, 0) is 44.7 Å². The maximum absolute atomic E-state index is 6.29. The minimum Gasteiger partial charge on any atom is -0.490 e. The maximum atomic E-state index is 6.29. The summed E-state index contributed by atoms with van der Waals surface area (Å²) in [5.41, 5.74) is 2.23. The second-order valence-corrected chi connectivity index (χ2v) is 6.07. The summed E-state index contributed by atoms with van der Waals surface area (Å²) in [5.74, 6) is 0.983. The molecule has 5 nitrogen and oxygen atoms in total. The summed E-state index contributed by atoms with van der Waals surface area (Å²) in [4.78, 5) is 0. The second kappa shape index (κ2) is 8.52. The van der Waals surface area contributed by atoms with Crippen molar-refractivity contribution in [2.75, 3.05) is 20.3 Å². The molecule has 1 aliphatic carbocycles. The minimum atomic E-state index is 0. The number of halogens is 1. The molecule has 23 heavy (non-hydrogen) atoms. The zero-order valence-electron chi connectivity index (χ0n) is 13.8. The summed E-state index contributed by atoms with van der Waals surface area (Å²) in [6, 6.07) is 4.63. The average molecular weight is 340 g/mol. The first-order valence-electron chi connectivity index (χ1n) is 8.09. The van der Waals surface area contributed by atoms with Gasteiger partial charge in [0, 0.05) is 30.6 Å². The molecule has 2 aromatic rings. The molecule has 0 unspecified atom stereocenters. The number of methoxy groups -OCH3 is 1. The number of H-pyrrole nitrogens is 1. The maximum Gasteiger partial charge on any atom is 0.123 e. The minimum absolute atomic E-state index is 0. The van der Waals surface area contributed by atoms with Gasteiger partial charge in [0.05, 0.1) is 18.3 Å². The Bertz CT molecular complexity index is 617. The Kier molecular flexibility index (Phi) is 6.69. The van der Waals surface area contributed by atoms with E-state index in [0.29, 0.717) is 6.04 Å². The Labute approximate surface area is 143 Å². The van der Waals surface area contributed by atoms with Gasteiger partial charge in [-0.25, -0.2) is 0 Å². The second-order valence-electron chi connectivity index (χ2n) is 6.07. The summed E-state index contributed by atoms with van der Waals surface area (Å²) >= 11 is 0. The van der Waals surface area contributed by atoms with E-state index in [1.807, 2.05) is 12.3 Å². The molecule has 1 aromatic carbocycles. The third-order valence-electron chi connectivity index (χ3n) is 4.50. The first-order valence-corrected chi connectivity index (χ1v) is 8.09. The van der Waals surface area contributed by atoms with E-state index in [1.165, 1.54) is 18.4 Å². The molecule has 1 heterocycles. The largest absolute Gasteiger partial charge is 0.490 e. The van der Waals surface area contributed by atoms with Crippen molar-refractivity contribution >= 4 is 23.3 Å². The van der Waals surface area contributed by atoms with Crippen molar-refractivity contribution in [3.05, 3.63) is 23.9 Å². The lowest BCUT2D eigenvalue weighted by atomic mass is 9.92. The molecular formula is C17H26ClN3O2. The van der Waals surface area contributed by atoms with Gasteiger partial charge in [0.25, 0.3) is 0 Å². The Morgan fingerprint density at radius 1 is 1.35 bits per heavy atom. The van der Waals surface area contributed by atoms with E-state index in [4.69, 9.17) is 9.47 Å². The molecule has 1 aromatic heterocycles. The number of rotatable bonds is 6. The summed E-state index contributed by atoms with van der Waals surface area (Å²) < 4.78 is 11.4. The number of ether oxygens (including phenoxy) is 2. The van der Waals surface area contributed by atoms with Crippen molar-refractivity contribution in [2.24, 2.45) is 0 Å². The van der Waals surface area contributed by atoms with Crippen LogP contribution in [0.1, 0.15) is 31.2 Å². The van der Waals surface area contributed by atoms with Crippen LogP contribution in [-0.2, 0) is 4.74 Å². The molecule has 1 fully saturated rings. The molecule has 2 atom stereocenters. The van der Waals surface area contributed by atoms with Crippen LogP contribution in [0, 0.1) is 6.92 Å². The number of benzene rings is 1. The Morgan fingerprint density at radius 3 is 3.04 bits per heavy atom. The molecule has 0 amide bonds. The van der Waals surface area contributed by atoms with Crippen LogP contribution in [0.3, 0.4) is 0 Å². The number of aromatic amines is 1. The lowest BCUT2D eigenvalue weighted by molar-refractivity contribution is 0.128. The smallest absolute Gasteiger partial charge is 0.123 e. The van der Waals surface area contributed by atoms with Crippen molar-refractivity contribution in [1.29, 1.82) is 0 Å². The predicted molar refractivity (Wildman–Crippen MR) is 94.6 cm³/mol. The SMILES string of the molecule is COCCN[C@H]1CCC[C@@H](Oc2ccc3[nH]ncc3c2C)C1.Cl. The lowest BCUT2D eigenvalue weighted by Gasteiger charge is -2.30. The van der Waals surface area contributed by atoms with Gasteiger partial charge in [-0.2, -0.15) is 5.10 Å². The van der Waals surface area contributed by atoms with Gasteiger partial charge in [-0.1, -0.05) is 0 Å². The van der Waals surface area contributed by atoms with Crippen LogP contribution in [0.5, 0.6) is 5.75 Å². The molecule has 0 bridgehead atoms. The highest BCUT2D eigenvalue weighted by molar-refractivity contribution is 5.85. The summed E-state index contributed by atoms with van der Waals surface area (Å²) in [6.45, 7) is 3.77. The molecule has 1 aliphatic rings. The van der Waals surface area contributed by atoms with Crippen LogP contribution in [0.25, 0.3) is 10.9 Å². The normalized spacial score (nSPS) is 21.1. The van der Waals surface area contributed by atoms with E-state index in [1.54, 1.807) is 7.11 Å². The van der Waals surface area contributed by atoms with Gasteiger partial charge < -0.3 is 14.8 Å². The highest BCUT2D eigenvalue weighted by atomic mass is 35.5. The zero-order chi connectivity index (χ0) is 15.4. The zero-order valence-corrected chi connectivity index (χ0v) is 14.6. The first-order chi connectivity index (χ1) is 10.8. The molecule has 0 radical (unpaired) electrons. The predicted octanol–water partition coefficient (Wildman–Crippen LogP) is 3.22. The molecule has 6 heteroatoms. The van der Waals surface area contributed by atoms with Crippen LogP contribution in [0.2, 0.25) is 0 Å². The number of fused-ring (bicyclic) bond motifs is 1. The number of aromatic nitrogens is 2. The van der Waals surface area contributed by atoms with Crippen LogP contribution in [-0.4, -0.2) is 42.6 Å². The highest BCUT2D eigenvalue weighted by Crippen LogP contribution is 2.29. The van der Waals surface area contributed by atoms with Crippen molar-refractivity contribution < 1.29 is 9.47 Å². The lowest BCUT2D eigenvalue weighted by Crippen LogP contribution is -2.39. The molecule has 0 aliphatic heterocycles.